The van der Waals surface area contributed by atoms with Crippen LogP contribution in [0, 0.1) is 12.8 Å². The largest absolute Gasteiger partial charge is 0.398 e. The van der Waals surface area contributed by atoms with Crippen molar-refractivity contribution in [2.24, 2.45) is 5.92 Å². The van der Waals surface area contributed by atoms with Crippen molar-refractivity contribution < 1.29 is 8.42 Å². The molecule has 0 aromatic heterocycles. The first-order valence-electron chi connectivity index (χ1n) is 6.88. The molecule has 1 atom stereocenters. The Balaban J connectivity index is 2.37. The van der Waals surface area contributed by atoms with Crippen molar-refractivity contribution in [2.45, 2.75) is 38.0 Å². The minimum Gasteiger partial charge on any atom is -0.398 e. The highest BCUT2D eigenvalue weighted by Gasteiger charge is 2.28. The van der Waals surface area contributed by atoms with Gasteiger partial charge in [0.25, 0.3) is 0 Å². The predicted octanol–water partition coefficient (Wildman–Crippen LogP) is 3.15. The van der Waals surface area contributed by atoms with E-state index < -0.39 is 10.0 Å². The zero-order valence-corrected chi connectivity index (χ0v) is 14.3. The van der Waals surface area contributed by atoms with Crippen molar-refractivity contribution in [2.75, 3.05) is 18.8 Å². The van der Waals surface area contributed by atoms with Crippen LogP contribution < -0.4 is 5.73 Å². The Kier molecular flexibility index (Phi) is 4.76. The number of benzene rings is 1. The van der Waals surface area contributed by atoms with Gasteiger partial charge in [0.15, 0.2) is 0 Å². The lowest BCUT2D eigenvalue weighted by molar-refractivity contribution is 0.416. The molecule has 1 heterocycles. The van der Waals surface area contributed by atoms with Crippen molar-refractivity contribution in [3.8, 4) is 0 Å². The standard InChI is InChI=1S/C14H21BrN2O2S/c1-10-4-3-6-17(7-5-10)20(18,19)14-9-13(16)12(15)8-11(14)2/h8-10H,3-7,16H2,1-2H3. The summed E-state index contributed by atoms with van der Waals surface area (Å²) in [4.78, 5) is 0.327. The van der Waals surface area contributed by atoms with Crippen molar-refractivity contribution in [1.82, 2.24) is 4.31 Å². The Morgan fingerprint density at radius 2 is 2.00 bits per heavy atom. The van der Waals surface area contributed by atoms with Crippen molar-refractivity contribution >= 4 is 31.6 Å². The van der Waals surface area contributed by atoms with Gasteiger partial charge in [0.1, 0.15) is 0 Å². The molecule has 0 saturated carbocycles. The fourth-order valence-electron chi connectivity index (χ4n) is 2.56. The number of halogens is 1. The van der Waals surface area contributed by atoms with Crippen LogP contribution in [0.15, 0.2) is 21.5 Å². The topological polar surface area (TPSA) is 63.4 Å². The summed E-state index contributed by atoms with van der Waals surface area (Å²) in [7, 11) is -3.45. The number of anilines is 1. The Bertz CT molecular complexity index is 601. The number of nitrogens with two attached hydrogens (primary N) is 1. The molecule has 2 rings (SSSR count). The predicted molar refractivity (Wildman–Crippen MR) is 85.1 cm³/mol. The highest BCUT2D eigenvalue weighted by Crippen LogP contribution is 2.30. The molecule has 0 amide bonds. The van der Waals surface area contributed by atoms with Gasteiger partial charge in [-0.15, -0.1) is 0 Å². The summed E-state index contributed by atoms with van der Waals surface area (Å²) in [6, 6.07) is 3.33. The molecule has 1 aromatic rings. The van der Waals surface area contributed by atoms with Gasteiger partial charge in [-0.05, 0) is 65.7 Å². The zero-order chi connectivity index (χ0) is 14.9. The average Bonchev–Trinajstić information content (AvgIpc) is 2.59. The van der Waals surface area contributed by atoms with Crippen LogP contribution in [0.25, 0.3) is 0 Å². The van der Waals surface area contributed by atoms with Gasteiger partial charge in [-0.3, -0.25) is 0 Å². The van der Waals surface area contributed by atoms with E-state index in [1.54, 1.807) is 23.4 Å². The molecule has 1 aliphatic rings. The van der Waals surface area contributed by atoms with Gasteiger partial charge >= 0.3 is 0 Å². The van der Waals surface area contributed by atoms with E-state index in [0.717, 1.165) is 29.3 Å². The van der Waals surface area contributed by atoms with Gasteiger partial charge in [0.2, 0.25) is 10.0 Å². The van der Waals surface area contributed by atoms with E-state index in [-0.39, 0.29) is 0 Å². The smallest absolute Gasteiger partial charge is 0.243 e. The lowest BCUT2D eigenvalue weighted by Gasteiger charge is -2.21. The summed E-state index contributed by atoms with van der Waals surface area (Å²) < 4.78 is 27.9. The molecule has 0 spiro atoms. The van der Waals surface area contributed by atoms with Crippen LogP contribution in [0.5, 0.6) is 0 Å². The summed E-state index contributed by atoms with van der Waals surface area (Å²) in [6.45, 7) is 5.18. The minimum atomic E-state index is -3.45. The first-order chi connectivity index (χ1) is 9.32. The molecular formula is C14H21BrN2O2S. The van der Waals surface area contributed by atoms with Crippen molar-refractivity contribution in [1.29, 1.82) is 0 Å². The molecule has 1 aromatic carbocycles. The molecule has 0 bridgehead atoms. The number of aryl methyl sites for hydroxylation is 1. The fourth-order valence-corrected chi connectivity index (χ4v) is 4.76. The molecular weight excluding hydrogens is 340 g/mol. The number of nitrogen functional groups attached to an aromatic ring is 1. The Labute approximate surface area is 129 Å². The summed E-state index contributed by atoms with van der Waals surface area (Å²) in [5.41, 5.74) is 7.02. The average molecular weight is 361 g/mol. The van der Waals surface area contributed by atoms with Crippen LogP contribution in [0.3, 0.4) is 0 Å². The van der Waals surface area contributed by atoms with Gasteiger partial charge < -0.3 is 5.73 Å². The molecule has 20 heavy (non-hydrogen) atoms. The number of hydrogen-bond acceptors (Lipinski definition) is 3. The number of rotatable bonds is 2. The molecule has 1 aliphatic heterocycles. The van der Waals surface area contributed by atoms with Crippen molar-refractivity contribution in [3.63, 3.8) is 0 Å². The van der Waals surface area contributed by atoms with E-state index in [0.29, 0.717) is 29.6 Å². The van der Waals surface area contributed by atoms with Gasteiger partial charge in [0, 0.05) is 23.2 Å². The minimum absolute atomic E-state index is 0.327. The van der Waals surface area contributed by atoms with E-state index in [1.807, 2.05) is 0 Å². The number of hydrogen-bond donors (Lipinski definition) is 1. The van der Waals surface area contributed by atoms with Crippen LogP contribution in [-0.4, -0.2) is 25.8 Å². The lowest BCUT2D eigenvalue weighted by Crippen LogP contribution is -2.32. The first-order valence-corrected chi connectivity index (χ1v) is 9.11. The van der Waals surface area contributed by atoms with Gasteiger partial charge in [0.05, 0.1) is 4.90 Å². The molecule has 112 valence electrons. The Morgan fingerprint density at radius 1 is 1.30 bits per heavy atom. The summed E-state index contributed by atoms with van der Waals surface area (Å²) in [5.74, 6) is 0.589. The second-order valence-electron chi connectivity index (χ2n) is 5.58. The number of nitrogens with zero attached hydrogens (tertiary/aromatic N) is 1. The van der Waals surface area contributed by atoms with Crippen LogP contribution in [0.1, 0.15) is 31.7 Å². The summed E-state index contributed by atoms with van der Waals surface area (Å²) in [5, 5.41) is 0. The van der Waals surface area contributed by atoms with Gasteiger partial charge in [-0.1, -0.05) is 6.92 Å². The summed E-state index contributed by atoms with van der Waals surface area (Å²) >= 11 is 3.33. The van der Waals surface area contributed by atoms with E-state index in [4.69, 9.17) is 5.73 Å². The molecule has 4 nitrogen and oxygen atoms in total. The summed E-state index contributed by atoms with van der Waals surface area (Å²) in [6.07, 6.45) is 2.93. The van der Waals surface area contributed by atoms with E-state index in [1.165, 1.54) is 0 Å². The molecule has 0 aliphatic carbocycles. The monoisotopic (exact) mass is 360 g/mol. The molecule has 1 unspecified atom stereocenters. The zero-order valence-electron chi connectivity index (χ0n) is 11.9. The lowest BCUT2D eigenvalue weighted by atomic mass is 10.0. The van der Waals surface area contributed by atoms with E-state index in [2.05, 4.69) is 22.9 Å². The third-order valence-corrected chi connectivity index (χ3v) is 6.62. The maximum Gasteiger partial charge on any atom is 0.243 e. The molecule has 1 fully saturated rings. The normalized spacial score (nSPS) is 21.6. The van der Waals surface area contributed by atoms with Crippen LogP contribution in [0.4, 0.5) is 5.69 Å². The molecule has 2 N–H and O–H groups in total. The number of sulfonamides is 1. The fraction of sp³-hybridized carbons (Fsp3) is 0.571. The van der Waals surface area contributed by atoms with E-state index >= 15 is 0 Å². The second-order valence-corrected chi connectivity index (χ2v) is 8.34. The third kappa shape index (κ3) is 3.18. The highest BCUT2D eigenvalue weighted by molar-refractivity contribution is 9.10. The van der Waals surface area contributed by atoms with Crippen LogP contribution in [0.2, 0.25) is 0 Å². The SMILES string of the molecule is Cc1cc(Br)c(N)cc1S(=O)(=O)N1CCCC(C)CC1. The molecule has 0 radical (unpaired) electrons. The Morgan fingerprint density at radius 3 is 2.70 bits per heavy atom. The van der Waals surface area contributed by atoms with Crippen molar-refractivity contribution in [3.05, 3.63) is 22.2 Å². The molecule has 6 heteroatoms. The highest BCUT2D eigenvalue weighted by atomic mass is 79.9. The van der Waals surface area contributed by atoms with E-state index in [9.17, 15) is 8.42 Å². The van der Waals surface area contributed by atoms with Crippen LogP contribution in [-0.2, 0) is 10.0 Å². The first kappa shape index (κ1) is 15.8. The Hall–Kier alpha value is -0.590. The molecule has 1 saturated heterocycles. The van der Waals surface area contributed by atoms with Crippen LogP contribution >= 0.6 is 15.9 Å². The third-order valence-electron chi connectivity index (χ3n) is 3.89. The maximum atomic E-state index is 12.8. The second kappa shape index (κ2) is 6.03. The quantitative estimate of drug-likeness (QED) is 0.823. The van der Waals surface area contributed by atoms with Gasteiger partial charge in [-0.2, -0.15) is 4.31 Å². The maximum absolute atomic E-state index is 12.8. The van der Waals surface area contributed by atoms with Gasteiger partial charge in [-0.25, -0.2) is 8.42 Å².